The quantitative estimate of drug-likeness (QED) is 0.548. The van der Waals surface area contributed by atoms with E-state index in [0.717, 1.165) is 11.1 Å². The van der Waals surface area contributed by atoms with Gasteiger partial charge in [0.2, 0.25) is 15.9 Å². The molecule has 1 unspecified atom stereocenters. The molecule has 0 aromatic heterocycles. The summed E-state index contributed by atoms with van der Waals surface area (Å²) in [6, 6.07) is 21.1. The molecule has 1 atom stereocenters. The van der Waals surface area contributed by atoms with Crippen molar-refractivity contribution in [1.29, 1.82) is 0 Å². The molecule has 4 rings (SSSR count). The van der Waals surface area contributed by atoms with Gasteiger partial charge in [0.15, 0.2) is 0 Å². The van der Waals surface area contributed by atoms with Crippen LogP contribution in [-0.2, 0) is 21.4 Å². The molecule has 8 heteroatoms. The first-order valence-electron chi connectivity index (χ1n) is 9.27. The number of hydrogen-bond donors (Lipinski definition) is 3. The third-order valence-electron chi connectivity index (χ3n) is 4.95. The number of nitrogens with one attached hydrogen (secondary N) is 1. The second-order valence-electron chi connectivity index (χ2n) is 6.95. The van der Waals surface area contributed by atoms with Crippen molar-refractivity contribution < 1.29 is 13.2 Å². The zero-order chi connectivity index (χ0) is 21.3. The Morgan fingerprint density at radius 1 is 1.00 bits per heavy atom. The number of carbonyl (C=O) groups excluding carboxylic acids is 1. The molecule has 0 saturated heterocycles. The van der Waals surface area contributed by atoms with E-state index in [2.05, 4.69) is 5.32 Å². The predicted octanol–water partition coefficient (Wildman–Crippen LogP) is 2.65. The van der Waals surface area contributed by atoms with Gasteiger partial charge in [-0.2, -0.15) is 0 Å². The van der Waals surface area contributed by atoms with Gasteiger partial charge >= 0.3 is 0 Å². The van der Waals surface area contributed by atoms with Crippen LogP contribution in [0.3, 0.4) is 0 Å². The number of benzene rings is 3. The van der Waals surface area contributed by atoms with Crippen LogP contribution in [0.25, 0.3) is 0 Å². The highest BCUT2D eigenvalue weighted by atomic mass is 32.2. The number of nitrogens with two attached hydrogens (primary N) is 2. The maximum Gasteiger partial charge on any atom is 0.238 e. The van der Waals surface area contributed by atoms with Gasteiger partial charge in [0.25, 0.3) is 0 Å². The molecule has 0 saturated carbocycles. The summed E-state index contributed by atoms with van der Waals surface area (Å²) in [4.78, 5) is 17.6. The lowest BCUT2D eigenvalue weighted by molar-refractivity contribution is -0.115. The van der Waals surface area contributed by atoms with Crippen molar-refractivity contribution in [3.8, 4) is 0 Å². The Bertz CT molecular complexity index is 1240. The Balaban J connectivity index is 1.88. The van der Waals surface area contributed by atoms with Crippen LogP contribution in [0, 0.1) is 0 Å². The molecule has 0 aliphatic carbocycles. The van der Waals surface area contributed by atoms with E-state index in [4.69, 9.17) is 15.9 Å². The van der Waals surface area contributed by atoms with E-state index in [1.807, 2.05) is 54.6 Å². The van der Waals surface area contributed by atoms with Crippen molar-refractivity contribution in [2.45, 2.75) is 17.4 Å². The van der Waals surface area contributed by atoms with Crippen molar-refractivity contribution in [3.63, 3.8) is 0 Å². The van der Waals surface area contributed by atoms with Gasteiger partial charge < -0.3 is 11.1 Å². The van der Waals surface area contributed by atoms with Crippen molar-refractivity contribution in [2.24, 2.45) is 15.9 Å². The summed E-state index contributed by atoms with van der Waals surface area (Å²) in [5, 5.41) is 8.10. The third-order valence-corrected chi connectivity index (χ3v) is 5.86. The fourth-order valence-corrected chi connectivity index (χ4v) is 3.99. The molecule has 1 aliphatic heterocycles. The van der Waals surface area contributed by atoms with Gasteiger partial charge in [0, 0.05) is 12.2 Å². The van der Waals surface area contributed by atoms with Crippen LogP contribution < -0.4 is 16.2 Å². The predicted molar refractivity (Wildman–Crippen MR) is 116 cm³/mol. The van der Waals surface area contributed by atoms with Gasteiger partial charge in [-0.05, 0) is 47.0 Å². The van der Waals surface area contributed by atoms with E-state index >= 15 is 0 Å². The Labute approximate surface area is 174 Å². The molecule has 0 fully saturated rings. The second kappa shape index (κ2) is 7.83. The summed E-state index contributed by atoms with van der Waals surface area (Å²) in [6.07, 6.45) is 0. The van der Waals surface area contributed by atoms with Crippen LogP contribution in [0.5, 0.6) is 0 Å². The minimum Gasteiger partial charge on any atom is -0.326 e. The summed E-state index contributed by atoms with van der Waals surface area (Å²) >= 11 is 0. The first-order valence-corrected chi connectivity index (χ1v) is 10.8. The molecule has 0 radical (unpaired) electrons. The summed E-state index contributed by atoms with van der Waals surface area (Å²) in [5.74, 6) is -1.06. The molecule has 5 N–H and O–H groups in total. The van der Waals surface area contributed by atoms with Crippen LogP contribution >= 0.6 is 0 Å². The molecular weight excluding hydrogens is 400 g/mol. The van der Waals surface area contributed by atoms with Crippen molar-refractivity contribution in [3.05, 3.63) is 89.5 Å². The maximum atomic E-state index is 12.9. The van der Waals surface area contributed by atoms with E-state index in [9.17, 15) is 13.2 Å². The minimum absolute atomic E-state index is 0.0533. The van der Waals surface area contributed by atoms with Crippen LogP contribution in [-0.4, -0.2) is 20.0 Å². The molecule has 3 aromatic carbocycles. The molecule has 0 bridgehead atoms. The van der Waals surface area contributed by atoms with Crippen LogP contribution in [0.1, 0.15) is 22.6 Å². The first-order chi connectivity index (χ1) is 14.4. The number of fused-ring (bicyclic) bond motifs is 1. The topological polar surface area (TPSA) is 128 Å². The summed E-state index contributed by atoms with van der Waals surface area (Å²) in [7, 11) is -3.91. The Kier molecular flexibility index (Phi) is 5.21. The summed E-state index contributed by atoms with van der Waals surface area (Å²) in [5.41, 5.74) is 9.63. The highest BCUT2D eigenvalue weighted by molar-refractivity contribution is 7.89. The molecular formula is C22H20N4O3S. The van der Waals surface area contributed by atoms with Gasteiger partial charge in [-0.25, -0.2) is 13.6 Å². The lowest BCUT2D eigenvalue weighted by atomic mass is 9.90. The number of hydrogen-bond acceptors (Lipinski definition) is 5. The molecule has 1 amide bonds. The molecule has 0 spiro atoms. The van der Waals surface area contributed by atoms with E-state index in [0.29, 0.717) is 29.2 Å². The normalized spacial score (nSPS) is 16.3. The standard InChI is InChI=1S/C22H20N4O3S/c23-13-14-6-8-16(9-7-14)25-21(15-4-2-1-3-5-15)20-18-12-17(30(24,28)29)10-11-19(18)26-22(20)27/h1-12,20H,13,23H2,(H,26,27)(H2,24,28,29). The number of rotatable bonds is 5. The maximum absolute atomic E-state index is 12.9. The van der Waals surface area contributed by atoms with Gasteiger partial charge in [-0.3, -0.25) is 9.79 Å². The average Bonchev–Trinajstić information content (AvgIpc) is 3.07. The molecule has 30 heavy (non-hydrogen) atoms. The number of sulfonamides is 1. The summed E-state index contributed by atoms with van der Waals surface area (Å²) < 4.78 is 23.7. The van der Waals surface area contributed by atoms with Crippen molar-refractivity contribution in [1.82, 2.24) is 0 Å². The lowest BCUT2D eigenvalue weighted by Crippen LogP contribution is -2.22. The zero-order valence-electron chi connectivity index (χ0n) is 15.9. The smallest absolute Gasteiger partial charge is 0.238 e. The molecule has 1 heterocycles. The Morgan fingerprint density at radius 2 is 1.70 bits per heavy atom. The van der Waals surface area contributed by atoms with Gasteiger partial charge in [-0.15, -0.1) is 0 Å². The van der Waals surface area contributed by atoms with E-state index < -0.39 is 15.9 Å². The minimum atomic E-state index is -3.91. The van der Waals surface area contributed by atoms with Gasteiger partial charge in [0.1, 0.15) is 5.92 Å². The number of anilines is 1. The Morgan fingerprint density at radius 3 is 2.33 bits per heavy atom. The largest absolute Gasteiger partial charge is 0.326 e. The van der Waals surface area contributed by atoms with Crippen molar-refractivity contribution in [2.75, 3.05) is 5.32 Å². The van der Waals surface area contributed by atoms with Gasteiger partial charge in [-0.1, -0.05) is 42.5 Å². The SMILES string of the molecule is NCc1ccc(N=C(c2ccccc2)C2C(=O)Nc3ccc(S(N)(=O)=O)cc32)cc1. The van der Waals surface area contributed by atoms with Gasteiger partial charge in [0.05, 0.1) is 16.3 Å². The van der Waals surface area contributed by atoms with E-state index in [-0.39, 0.29) is 10.8 Å². The number of carbonyl (C=O) groups is 1. The average molecular weight is 420 g/mol. The Hall–Kier alpha value is -3.33. The van der Waals surface area contributed by atoms with E-state index in [1.54, 1.807) is 6.07 Å². The number of amides is 1. The summed E-state index contributed by atoms with van der Waals surface area (Å²) in [6.45, 7) is 0.421. The molecule has 3 aromatic rings. The molecule has 1 aliphatic rings. The first kappa shape index (κ1) is 20.0. The van der Waals surface area contributed by atoms with Crippen molar-refractivity contribution >= 4 is 33.0 Å². The molecule has 7 nitrogen and oxygen atoms in total. The zero-order valence-corrected chi connectivity index (χ0v) is 16.8. The number of aliphatic imine (C=N–C) groups is 1. The van der Waals surface area contributed by atoms with Crippen LogP contribution in [0.2, 0.25) is 0 Å². The second-order valence-corrected chi connectivity index (χ2v) is 8.51. The molecule has 152 valence electrons. The fourth-order valence-electron chi connectivity index (χ4n) is 3.44. The number of nitrogens with zero attached hydrogens (tertiary/aromatic N) is 1. The highest BCUT2D eigenvalue weighted by Crippen LogP contribution is 2.37. The third kappa shape index (κ3) is 3.88. The monoisotopic (exact) mass is 420 g/mol. The van der Waals surface area contributed by atoms with Crippen LogP contribution in [0.4, 0.5) is 11.4 Å². The van der Waals surface area contributed by atoms with Crippen LogP contribution in [0.15, 0.2) is 82.7 Å². The number of primary sulfonamides is 1. The van der Waals surface area contributed by atoms with E-state index in [1.165, 1.54) is 12.1 Å². The lowest BCUT2D eigenvalue weighted by Gasteiger charge is -2.14. The highest BCUT2D eigenvalue weighted by Gasteiger charge is 2.36. The fraction of sp³-hybridized carbons (Fsp3) is 0.0909.